The molecule has 15 heavy (non-hydrogen) atoms. The smallest absolute Gasteiger partial charge is 0.0819 e. The Kier molecular flexibility index (Phi) is 23.3. The minimum Gasteiger partial charge on any atom is -0.652 e. The monoisotopic (exact) mass is 224 g/mol. The molecular weight excluding hydrogens is 212 g/mol. The molecule has 92 valence electrons. The minimum absolute atomic E-state index is 0.480. The minimum atomic E-state index is -2.33. The first-order valence-corrected chi connectivity index (χ1v) is 3.90. The third kappa shape index (κ3) is 225. The fraction of sp³-hybridized carbons (Fsp3) is 0.714. The van der Waals surface area contributed by atoms with Crippen molar-refractivity contribution in [1.82, 2.24) is 0 Å². The van der Waals surface area contributed by atoms with Crippen LogP contribution in [-0.2, 0) is 4.89 Å². The fourth-order valence-electron chi connectivity index (χ4n) is 0.417. The third-order valence-corrected chi connectivity index (χ3v) is 0.839. The highest BCUT2D eigenvalue weighted by molar-refractivity contribution is 5.47. The Bertz CT molecular complexity index is 122. The number of hydrogen-bond donors (Lipinski definition) is 1. The Balaban J connectivity index is -0.000000155. The lowest BCUT2D eigenvalue weighted by Gasteiger charge is -1.96. The summed E-state index contributed by atoms with van der Waals surface area (Å²) >= 11 is 0. The summed E-state index contributed by atoms with van der Waals surface area (Å²) in [7, 11) is 0. The summed E-state index contributed by atoms with van der Waals surface area (Å²) in [6, 6.07) is 0. The predicted molar refractivity (Wildman–Crippen MR) is 38.9 cm³/mol. The lowest BCUT2D eigenvalue weighted by atomic mass is 10.3. The van der Waals surface area contributed by atoms with Crippen LogP contribution in [-0.4, -0.2) is 24.2 Å². The van der Waals surface area contributed by atoms with Crippen molar-refractivity contribution in [3.63, 3.8) is 0 Å². The second-order valence-corrected chi connectivity index (χ2v) is 2.04. The fourth-order valence-corrected chi connectivity index (χ4v) is 0.417. The predicted octanol–water partition coefficient (Wildman–Crippen LogP) is -3.23. The molecule has 8 nitrogen and oxygen atoms in total. The molecule has 0 unspecified atom stereocenters. The van der Waals surface area contributed by atoms with Crippen LogP contribution in [0.1, 0.15) is 26.2 Å². The van der Waals surface area contributed by atoms with Gasteiger partial charge in [0.1, 0.15) is 0 Å². The lowest BCUT2D eigenvalue weighted by Crippen LogP contribution is -2.37. The molecule has 0 aliphatic carbocycles. The highest BCUT2D eigenvalue weighted by Gasteiger charge is 1.81. The van der Waals surface area contributed by atoms with Gasteiger partial charge in [0.2, 0.25) is 0 Å². The van der Waals surface area contributed by atoms with Gasteiger partial charge in [0.05, 0.1) is 6.61 Å². The first-order valence-electron chi connectivity index (χ1n) is 3.90. The molecule has 0 aromatic rings. The number of carbonyl (C=O) groups is 2. The number of hydrogen-bond acceptors (Lipinski definition) is 8. The lowest BCUT2D eigenvalue weighted by molar-refractivity contribution is -0.417. The van der Waals surface area contributed by atoms with Gasteiger partial charge in [-0.15, -0.1) is 0 Å². The molecule has 0 spiro atoms. The Morgan fingerprint density at radius 1 is 1.07 bits per heavy atom. The maximum Gasteiger partial charge on any atom is 0.0819 e. The highest BCUT2D eigenvalue weighted by atomic mass is 17.1. The molecule has 0 atom stereocenters. The number of unbranched alkanes of at least 4 members (excludes halogenated alkanes) is 2. The van der Waals surface area contributed by atoms with Gasteiger partial charge in [-0.2, -0.15) is 0 Å². The van der Waals surface area contributed by atoms with Gasteiger partial charge in [-0.3, -0.25) is 5.26 Å². The van der Waals surface area contributed by atoms with E-state index in [4.69, 9.17) is 35.3 Å². The van der Waals surface area contributed by atoms with Gasteiger partial charge in [0.25, 0.3) is 0 Å². The normalized spacial score (nSPS) is 7.60. The van der Waals surface area contributed by atoms with Crippen LogP contribution in [0.15, 0.2) is 0 Å². The third-order valence-electron chi connectivity index (χ3n) is 0.839. The zero-order valence-corrected chi connectivity index (χ0v) is 8.13. The van der Waals surface area contributed by atoms with Crippen molar-refractivity contribution in [2.75, 3.05) is 6.61 Å². The van der Waals surface area contributed by atoms with Crippen LogP contribution in [0.4, 0.5) is 9.59 Å². The van der Waals surface area contributed by atoms with Crippen molar-refractivity contribution in [3.8, 4) is 0 Å². The van der Waals surface area contributed by atoms with Crippen molar-refractivity contribution in [2.45, 2.75) is 26.2 Å². The van der Waals surface area contributed by atoms with Crippen molar-refractivity contribution in [2.24, 2.45) is 0 Å². The van der Waals surface area contributed by atoms with E-state index >= 15 is 0 Å². The van der Waals surface area contributed by atoms with E-state index in [9.17, 15) is 0 Å². The Morgan fingerprint density at radius 3 is 1.60 bits per heavy atom. The average Bonchev–Trinajstić information content (AvgIpc) is 2.03. The summed E-state index contributed by atoms with van der Waals surface area (Å²) < 4.78 is 0. The van der Waals surface area contributed by atoms with E-state index < -0.39 is 12.3 Å². The maximum atomic E-state index is 8.33. The van der Waals surface area contributed by atoms with Crippen molar-refractivity contribution < 1.29 is 40.2 Å². The van der Waals surface area contributed by atoms with Gasteiger partial charge >= 0.3 is 0 Å². The van der Waals surface area contributed by atoms with E-state index in [0.29, 0.717) is 6.61 Å². The summed E-state index contributed by atoms with van der Waals surface area (Å²) in [4.78, 5) is 20.5. The standard InChI is InChI=1S/C5H12O2.2CH2O3/c1-2-3-4-5-7-6;2*2-1(3)4/h6H,2-5H2,1H3;2*(H2,2,3,4)/p-4. The molecule has 0 aliphatic heterocycles. The van der Waals surface area contributed by atoms with E-state index in [1.54, 1.807) is 0 Å². The van der Waals surface area contributed by atoms with Gasteiger partial charge < -0.3 is 30.0 Å². The van der Waals surface area contributed by atoms with E-state index in [2.05, 4.69) is 11.8 Å². The van der Waals surface area contributed by atoms with Gasteiger partial charge in [-0.05, 0) is 18.7 Å². The summed E-state index contributed by atoms with van der Waals surface area (Å²) in [6.07, 6.45) is -1.39. The molecule has 0 aromatic carbocycles. The van der Waals surface area contributed by atoms with Crippen molar-refractivity contribution in [1.29, 1.82) is 0 Å². The van der Waals surface area contributed by atoms with Crippen LogP contribution in [0.5, 0.6) is 0 Å². The van der Waals surface area contributed by atoms with Crippen LogP contribution in [0.2, 0.25) is 0 Å². The van der Waals surface area contributed by atoms with E-state index in [1.807, 2.05) is 0 Å². The Morgan fingerprint density at radius 2 is 1.40 bits per heavy atom. The van der Waals surface area contributed by atoms with Gasteiger partial charge in [-0.1, -0.05) is 19.8 Å². The highest BCUT2D eigenvalue weighted by Crippen LogP contribution is 1.91. The van der Waals surface area contributed by atoms with E-state index in [0.717, 1.165) is 12.8 Å². The molecule has 0 aliphatic rings. The second kappa shape index (κ2) is 18.3. The molecule has 0 radical (unpaired) electrons. The number of carbonyl (C=O) groups excluding carboxylic acids is 2. The van der Waals surface area contributed by atoms with E-state index in [-0.39, 0.29) is 0 Å². The van der Waals surface area contributed by atoms with Crippen LogP contribution < -0.4 is 20.4 Å². The van der Waals surface area contributed by atoms with Crippen molar-refractivity contribution in [3.05, 3.63) is 0 Å². The van der Waals surface area contributed by atoms with E-state index in [1.165, 1.54) is 6.42 Å². The zero-order chi connectivity index (χ0) is 12.7. The maximum absolute atomic E-state index is 8.33. The van der Waals surface area contributed by atoms with Crippen LogP contribution in [0.3, 0.4) is 0 Å². The topological polar surface area (TPSA) is 156 Å². The zero-order valence-electron chi connectivity index (χ0n) is 8.13. The molecule has 0 heterocycles. The van der Waals surface area contributed by atoms with Crippen molar-refractivity contribution >= 4 is 12.3 Å². The van der Waals surface area contributed by atoms with Gasteiger partial charge in [-0.25, -0.2) is 4.89 Å². The number of carboxylic acid groups (broad SMARTS) is 4. The Labute approximate surface area is 86.3 Å². The molecule has 1 N–H and O–H groups in total. The summed E-state index contributed by atoms with van der Waals surface area (Å²) in [5, 5.41) is 41.1. The average molecular weight is 224 g/mol. The molecular formula is C7H12O8-4. The molecule has 0 amide bonds. The van der Waals surface area contributed by atoms with Gasteiger partial charge in [0, 0.05) is 0 Å². The molecule has 0 saturated heterocycles. The Hall–Kier alpha value is -1.54. The SMILES string of the molecule is CCCCCOO.O=C([O-])[O-].O=C([O-])[O-]. The molecule has 8 heteroatoms. The molecule has 0 rings (SSSR count). The number of rotatable bonds is 4. The summed E-state index contributed by atoms with van der Waals surface area (Å²) in [5.41, 5.74) is 0. The molecule has 0 bridgehead atoms. The van der Waals surface area contributed by atoms with Crippen LogP contribution in [0, 0.1) is 0 Å². The first kappa shape index (κ1) is 19.1. The summed E-state index contributed by atoms with van der Waals surface area (Å²) in [5.74, 6) is 0. The molecule has 0 aromatic heterocycles. The van der Waals surface area contributed by atoms with Gasteiger partial charge in [0.15, 0.2) is 0 Å². The van der Waals surface area contributed by atoms with Crippen LogP contribution >= 0.6 is 0 Å². The molecule has 0 saturated carbocycles. The summed E-state index contributed by atoms with van der Waals surface area (Å²) in [6.45, 7) is 2.59. The second-order valence-electron chi connectivity index (χ2n) is 2.04. The molecule has 0 fully saturated rings. The quantitative estimate of drug-likeness (QED) is 0.296. The van der Waals surface area contributed by atoms with Crippen LogP contribution in [0.25, 0.3) is 0 Å². The largest absolute Gasteiger partial charge is 0.652 e. The first-order chi connectivity index (χ1) is 6.88.